The van der Waals surface area contributed by atoms with Gasteiger partial charge in [0.05, 0.1) is 0 Å². The van der Waals surface area contributed by atoms with E-state index in [4.69, 9.17) is 0 Å². The third-order valence-corrected chi connectivity index (χ3v) is 0.250. The second-order valence-electron chi connectivity index (χ2n) is 0.750. The molecule has 1 saturated heterocycles. The summed E-state index contributed by atoms with van der Waals surface area (Å²) >= 11 is 0. The van der Waals surface area contributed by atoms with E-state index in [9.17, 15) is 0 Å². The zero-order valence-corrected chi connectivity index (χ0v) is 3.16. The summed E-state index contributed by atoms with van der Waals surface area (Å²) in [4.78, 5) is 0. The second-order valence-corrected chi connectivity index (χ2v) is 0.750. The van der Waals surface area contributed by atoms with Gasteiger partial charge in [0.2, 0.25) is 0 Å². The van der Waals surface area contributed by atoms with Crippen LogP contribution in [-0.2, 0) is 17.1 Å². The molecule has 0 bridgehead atoms. The van der Waals surface area contributed by atoms with Crippen LogP contribution in [0.2, 0.25) is 0 Å². The minimum atomic E-state index is 0. The third-order valence-electron chi connectivity index (χ3n) is 0.250. The fraction of sp³-hybridized carbons (Fsp3) is 1.00. The molecular formula is C2H5CuN. The zero-order chi connectivity index (χ0) is 2.12. The van der Waals surface area contributed by atoms with Gasteiger partial charge in [0.15, 0.2) is 0 Å². The summed E-state index contributed by atoms with van der Waals surface area (Å²) in [5.41, 5.74) is 0. The van der Waals surface area contributed by atoms with Crippen molar-refractivity contribution in [3.8, 4) is 0 Å². The first-order valence-electron chi connectivity index (χ1n) is 1.21. The van der Waals surface area contributed by atoms with Gasteiger partial charge >= 0.3 is 0 Å². The molecule has 1 rings (SSSR count). The Morgan fingerprint density at radius 3 is 1.50 bits per heavy atom. The minimum Gasteiger partial charge on any atom is -0.314 e. The Hall–Kier alpha value is 0.479. The molecule has 0 saturated carbocycles. The van der Waals surface area contributed by atoms with E-state index in [-0.39, 0.29) is 17.1 Å². The molecule has 1 radical (unpaired) electrons. The molecule has 0 aliphatic carbocycles. The van der Waals surface area contributed by atoms with E-state index in [1.54, 1.807) is 0 Å². The van der Waals surface area contributed by atoms with Crippen LogP contribution >= 0.6 is 0 Å². The molecule has 29 valence electrons. The molecular weight excluding hydrogens is 102 g/mol. The Morgan fingerprint density at radius 1 is 1.25 bits per heavy atom. The van der Waals surface area contributed by atoms with Crippen LogP contribution in [0.15, 0.2) is 0 Å². The maximum absolute atomic E-state index is 3.00. The summed E-state index contributed by atoms with van der Waals surface area (Å²) in [5, 5.41) is 3.00. The molecule has 1 aliphatic rings. The molecule has 1 N–H and O–H groups in total. The number of hydrogen-bond acceptors (Lipinski definition) is 1. The molecule has 1 heterocycles. The predicted molar refractivity (Wildman–Crippen MR) is 12.9 cm³/mol. The van der Waals surface area contributed by atoms with Gasteiger partial charge in [-0.25, -0.2) is 0 Å². The van der Waals surface area contributed by atoms with Gasteiger partial charge in [-0.2, -0.15) is 0 Å². The van der Waals surface area contributed by atoms with Gasteiger partial charge in [-0.05, 0) is 0 Å². The molecule has 0 aromatic carbocycles. The summed E-state index contributed by atoms with van der Waals surface area (Å²) in [6.07, 6.45) is 0. The van der Waals surface area contributed by atoms with Crippen molar-refractivity contribution in [2.24, 2.45) is 0 Å². The van der Waals surface area contributed by atoms with E-state index >= 15 is 0 Å². The maximum Gasteiger partial charge on any atom is 0.00772 e. The molecule has 0 spiro atoms. The van der Waals surface area contributed by atoms with Crippen molar-refractivity contribution >= 4 is 0 Å². The van der Waals surface area contributed by atoms with Gasteiger partial charge in [0.25, 0.3) is 0 Å². The maximum atomic E-state index is 3.00. The van der Waals surface area contributed by atoms with Crippen LogP contribution in [-0.4, -0.2) is 13.1 Å². The van der Waals surface area contributed by atoms with Crippen LogP contribution in [0.4, 0.5) is 0 Å². The van der Waals surface area contributed by atoms with Gasteiger partial charge in [0, 0.05) is 30.2 Å². The van der Waals surface area contributed by atoms with Crippen molar-refractivity contribution < 1.29 is 17.1 Å². The summed E-state index contributed by atoms with van der Waals surface area (Å²) in [6.45, 7) is 2.50. The normalized spacial score (nSPS) is 18.0. The predicted octanol–water partition coefficient (Wildman–Crippen LogP) is -0.413. The SMILES string of the molecule is C1CN1.[Cu]. The van der Waals surface area contributed by atoms with E-state index < -0.39 is 0 Å². The van der Waals surface area contributed by atoms with Crippen molar-refractivity contribution in [3.63, 3.8) is 0 Å². The molecule has 0 unspecified atom stereocenters. The summed E-state index contributed by atoms with van der Waals surface area (Å²) in [5.74, 6) is 0. The second kappa shape index (κ2) is 1.77. The topological polar surface area (TPSA) is 21.9 Å². The van der Waals surface area contributed by atoms with Crippen LogP contribution in [0.1, 0.15) is 0 Å². The van der Waals surface area contributed by atoms with Crippen molar-refractivity contribution in [3.05, 3.63) is 0 Å². The Balaban J connectivity index is 0.0000000900. The Labute approximate surface area is 36.2 Å². The Bertz CT molecular complexity index is 10.8. The standard InChI is InChI=1S/C2H5N.Cu/c1-2-3-1;/h3H,1-2H2;. The number of nitrogens with one attached hydrogen (secondary N) is 1. The van der Waals surface area contributed by atoms with E-state index in [1.165, 1.54) is 13.1 Å². The molecule has 2 heteroatoms. The van der Waals surface area contributed by atoms with E-state index in [0.717, 1.165) is 0 Å². The van der Waals surface area contributed by atoms with E-state index in [0.29, 0.717) is 0 Å². The smallest absolute Gasteiger partial charge is 0.00772 e. The van der Waals surface area contributed by atoms with Crippen molar-refractivity contribution in [1.29, 1.82) is 0 Å². The molecule has 1 nitrogen and oxygen atoms in total. The Kier molecular flexibility index (Phi) is 1.98. The van der Waals surface area contributed by atoms with Crippen LogP contribution in [0, 0.1) is 0 Å². The monoisotopic (exact) mass is 106 g/mol. The largest absolute Gasteiger partial charge is 0.314 e. The molecule has 1 aliphatic heterocycles. The number of hydrogen-bond donors (Lipinski definition) is 1. The van der Waals surface area contributed by atoms with Crippen molar-refractivity contribution in [2.75, 3.05) is 13.1 Å². The molecule has 0 amide bonds. The van der Waals surface area contributed by atoms with Crippen molar-refractivity contribution in [1.82, 2.24) is 5.32 Å². The first-order chi connectivity index (χ1) is 1.50. The molecule has 4 heavy (non-hydrogen) atoms. The third kappa shape index (κ3) is 2.48. The molecule has 0 atom stereocenters. The average molecular weight is 107 g/mol. The molecule has 0 aromatic heterocycles. The van der Waals surface area contributed by atoms with Crippen molar-refractivity contribution in [2.45, 2.75) is 0 Å². The average Bonchev–Trinajstić information content (AvgIpc) is 1.46. The Morgan fingerprint density at radius 2 is 1.50 bits per heavy atom. The first kappa shape index (κ1) is 4.48. The van der Waals surface area contributed by atoms with Gasteiger partial charge in [0.1, 0.15) is 0 Å². The van der Waals surface area contributed by atoms with Crippen LogP contribution in [0.3, 0.4) is 0 Å². The molecule has 0 aromatic rings. The summed E-state index contributed by atoms with van der Waals surface area (Å²) < 4.78 is 0. The quantitative estimate of drug-likeness (QED) is 0.329. The van der Waals surface area contributed by atoms with E-state index in [1.807, 2.05) is 0 Å². The fourth-order valence-corrected chi connectivity index (χ4v) is 0. The number of rotatable bonds is 0. The van der Waals surface area contributed by atoms with Gasteiger partial charge in [-0.3, -0.25) is 0 Å². The summed E-state index contributed by atoms with van der Waals surface area (Å²) in [6, 6.07) is 0. The zero-order valence-electron chi connectivity index (χ0n) is 2.22. The van der Waals surface area contributed by atoms with Crippen LogP contribution in [0.25, 0.3) is 0 Å². The molecule has 1 fully saturated rings. The van der Waals surface area contributed by atoms with E-state index in [2.05, 4.69) is 5.32 Å². The van der Waals surface area contributed by atoms with Crippen LogP contribution in [0.5, 0.6) is 0 Å². The van der Waals surface area contributed by atoms with Gasteiger partial charge in [-0.1, -0.05) is 0 Å². The minimum absolute atomic E-state index is 0. The first-order valence-corrected chi connectivity index (χ1v) is 1.21. The van der Waals surface area contributed by atoms with Gasteiger partial charge < -0.3 is 5.32 Å². The van der Waals surface area contributed by atoms with Gasteiger partial charge in [-0.15, -0.1) is 0 Å². The summed E-state index contributed by atoms with van der Waals surface area (Å²) in [7, 11) is 0. The van der Waals surface area contributed by atoms with Crippen LogP contribution < -0.4 is 5.32 Å². The fourth-order valence-electron chi connectivity index (χ4n) is 0.